The van der Waals surface area contributed by atoms with E-state index in [0.29, 0.717) is 5.69 Å². The van der Waals surface area contributed by atoms with Crippen LogP contribution < -0.4 is 4.90 Å². The second kappa shape index (κ2) is 5.01. The molecule has 0 unspecified atom stereocenters. The van der Waals surface area contributed by atoms with Gasteiger partial charge in [-0.3, -0.25) is 4.79 Å². The fourth-order valence-corrected chi connectivity index (χ4v) is 3.87. The Hall–Kier alpha value is -1.69. The average molecular weight is 292 g/mol. The zero-order valence-corrected chi connectivity index (χ0v) is 11.8. The number of ketones is 1. The first-order valence-corrected chi connectivity index (χ1v) is 8.21. The average Bonchev–Trinajstić information content (AvgIpc) is 2.96. The molecule has 0 aromatic heterocycles. The van der Waals surface area contributed by atoms with E-state index in [1.807, 2.05) is 0 Å². The second-order valence-electron chi connectivity index (χ2n) is 5.24. The van der Waals surface area contributed by atoms with Gasteiger partial charge in [0.15, 0.2) is 5.78 Å². The van der Waals surface area contributed by atoms with Crippen molar-refractivity contribution in [2.45, 2.75) is 30.6 Å². The number of sulfonamides is 1. The SMILES string of the molecule is O=C(CN1C=NS(=O)(=O)c2ccccc21)C1CCCC1. The van der Waals surface area contributed by atoms with Crippen molar-refractivity contribution in [1.82, 2.24) is 0 Å². The van der Waals surface area contributed by atoms with Crippen LogP contribution in [0.1, 0.15) is 25.7 Å². The molecule has 0 radical (unpaired) electrons. The van der Waals surface area contributed by atoms with Crippen LogP contribution in [0.3, 0.4) is 0 Å². The van der Waals surface area contributed by atoms with Crippen molar-refractivity contribution in [1.29, 1.82) is 0 Å². The van der Waals surface area contributed by atoms with Crippen molar-refractivity contribution in [3.8, 4) is 0 Å². The molecule has 1 fully saturated rings. The Balaban J connectivity index is 1.86. The Bertz CT molecular complexity index is 661. The molecule has 20 heavy (non-hydrogen) atoms. The van der Waals surface area contributed by atoms with Crippen molar-refractivity contribution in [2.24, 2.45) is 10.3 Å². The molecule has 1 aliphatic carbocycles. The van der Waals surface area contributed by atoms with E-state index in [4.69, 9.17) is 0 Å². The van der Waals surface area contributed by atoms with Gasteiger partial charge in [0.25, 0.3) is 10.0 Å². The van der Waals surface area contributed by atoms with Crippen molar-refractivity contribution in [2.75, 3.05) is 11.4 Å². The number of para-hydroxylation sites is 1. The Morgan fingerprint density at radius 3 is 2.70 bits per heavy atom. The van der Waals surface area contributed by atoms with E-state index in [2.05, 4.69) is 4.40 Å². The number of carbonyl (C=O) groups excluding carboxylic acids is 1. The molecule has 6 heteroatoms. The maximum atomic E-state index is 12.2. The predicted molar refractivity (Wildman–Crippen MR) is 76.4 cm³/mol. The second-order valence-corrected chi connectivity index (χ2v) is 6.84. The lowest BCUT2D eigenvalue weighted by atomic mass is 10.0. The zero-order valence-electron chi connectivity index (χ0n) is 11.0. The van der Waals surface area contributed by atoms with Crippen LogP contribution in [0, 0.1) is 5.92 Å². The summed E-state index contributed by atoms with van der Waals surface area (Å²) in [6.45, 7) is 0.195. The summed E-state index contributed by atoms with van der Waals surface area (Å²) in [5, 5.41) is 0. The molecule has 106 valence electrons. The minimum Gasteiger partial charge on any atom is -0.323 e. The molecule has 5 nitrogen and oxygen atoms in total. The smallest absolute Gasteiger partial charge is 0.285 e. The van der Waals surface area contributed by atoms with Crippen LogP contribution in [0.2, 0.25) is 0 Å². The highest BCUT2D eigenvalue weighted by Crippen LogP contribution is 2.30. The van der Waals surface area contributed by atoms with Gasteiger partial charge in [-0.25, -0.2) is 0 Å². The highest BCUT2D eigenvalue weighted by Gasteiger charge is 2.29. The van der Waals surface area contributed by atoms with Gasteiger partial charge in [-0.1, -0.05) is 25.0 Å². The van der Waals surface area contributed by atoms with Crippen molar-refractivity contribution in [3.63, 3.8) is 0 Å². The van der Waals surface area contributed by atoms with Gasteiger partial charge in [0.05, 0.1) is 12.2 Å². The number of anilines is 1. The summed E-state index contributed by atoms with van der Waals surface area (Å²) in [6.07, 6.45) is 5.36. The van der Waals surface area contributed by atoms with E-state index in [-0.39, 0.29) is 23.1 Å². The summed E-state index contributed by atoms with van der Waals surface area (Å²) in [7, 11) is -3.61. The third kappa shape index (κ3) is 2.35. The molecule has 1 saturated carbocycles. The molecule has 0 amide bonds. The van der Waals surface area contributed by atoms with Crippen LogP contribution in [0.15, 0.2) is 33.6 Å². The number of hydrogen-bond donors (Lipinski definition) is 0. The van der Waals surface area contributed by atoms with Gasteiger partial charge in [-0.15, -0.1) is 4.40 Å². The number of fused-ring (bicyclic) bond motifs is 1. The summed E-state index contributed by atoms with van der Waals surface area (Å²) in [5.41, 5.74) is 0.536. The Morgan fingerprint density at radius 2 is 1.95 bits per heavy atom. The molecule has 1 aromatic rings. The van der Waals surface area contributed by atoms with E-state index >= 15 is 0 Å². The predicted octanol–water partition coefficient (Wildman–Crippen LogP) is 1.98. The first kappa shape index (κ1) is 13.3. The van der Waals surface area contributed by atoms with Crippen LogP contribution >= 0.6 is 0 Å². The van der Waals surface area contributed by atoms with E-state index < -0.39 is 10.0 Å². The lowest BCUT2D eigenvalue weighted by molar-refractivity contribution is -0.121. The molecule has 0 N–H and O–H groups in total. The number of carbonyl (C=O) groups is 1. The molecular weight excluding hydrogens is 276 g/mol. The minimum atomic E-state index is -3.61. The Labute approximate surface area is 118 Å². The zero-order chi connectivity index (χ0) is 14.2. The summed E-state index contributed by atoms with van der Waals surface area (Å²) < 4.78 is 27.3. The van der Waals surface area contributed by atoms with Crippen LogP contribution in [0.4, 0.5) is 5.69 Å². The van der Waals surface area contributed by atoms with Gasteiger partial charge in [0, 0.05) is 5.92 Å². The summed E-state index contributed by atoms with van der Waals surface area (Å²) in [4.78, 5) is 14.0. The van der Waals surface area contributed by atoms with Gasteiger partial charge in [-0.2, -0.15) is 8.42 Å². The van der Waals surface area contributed by atoms with Gasteiger partial charge >= 0.3 is 0 Å². The molecule has 3 rings (SSSR count). The van der Waals surface area contributed by atoms with E-state index in [9.17, 15) is 13.2 Å². The monoisotopic (exact) mass is 292 g/mol. The lowest BCUT2D eigenvalue weighted by Crippen LogP contribution is -2.34. The standard InChI is InChI=1S/C14H16N2O3S/c17-13(11-5-1-2-6-11)9-16-10-15-20(18,19)14-8-4-3-7-12(14)16/h3-4,7-8,10-11H,1-2,5-6,9H2. The minimum absolute atomic E-state index is 0.120. The maximum Gasteiger partial charge on any atom is 0.285 e. The van der Waals surface area contributed by atoms with Crippen molar-refractivity contribution >= 4 is 27.8 Å². The normalized spacial score (nSPS) is 20.9. The fourth-order valence-electron chi connectivity index (χ4n) is 2.82. The molecule has 1 aromatic carbocycles. The van der Waals surface area contributed by atoms with Crippen molar-refractivity contribution in [3.05, 3.63) is 24.3 Å². The highest BCUT2D eigenvalue weighted by atomic mass is 32.2. The number of benzene rings is 1. The van der Waals surface area contributed by atoms with Gasteiger partial charge in [0.1, 0.15) is 11.2 Å². The number of Topliss-reactive ketones (excluding diaryl/α,β-unsaturated/α-hetero) is 1. The highest BCUT2D eigenvalue weighted by molar-refractivity contribution is 7.90. The van der Waals surface area contributed by atoms with Gasteiger partial charge in [0.2, 0.25) is 0 Å². The molecule has 0 saturated heterocycles. The molecule has 0 bridgehead atoms. The molecule has 0 atom stereocenters. The molecular formula is C14H16N2O3S. The largest absolute Gasteiger partial charge is 0.323 e. The number of nitrogens with zero attached hydrogens (tertiary/aromatic N) is 2. The summed E-state index contributed by atoms with van der Waals surface area (Å²) in [6, 6.07) is 6.66. The summed E-state index contributed by atoms with van der Waals surface area (Å²) in [5.74, 6) is 0.289. The van der Waals surface area contributed by atoms with Crippen LogP contribution in [-0.2, 0) is 14.8 Å². The molecule has 1 heterocycles. The van der Waals surface area contributed by atoms with Crippen LogP contribution in [0.25, 0.3) is 0 Å². The molecule has 1 aliphatic heterocycles. The molecule has 2 aliphatic rings. The number of rotatable bonds is 3. The maximum absolute atomic E-state index is 12.2. The van der Waals surface area contributed by atoms with Gasteiger partial charge in [-0.05, 0) is 25.0 Å². The lowest BCUT2D eigenvalue weighted by Gasteiger charge is -2.25. The van der Waals surface area contributed by atoms with Gasteiger partial charge < -0.3 is 4.90 Å². The summed E-state index contributed by atoms with van der Waals surface area (Å²) >= 11 is 0. The van der Waals surface area contributed by atoms with Crippen molar-refractivity contribution < 1.29 is 13.2 Å². The fraction of sp³-hybridized carbons (Fsp3) is 0.429. The first-order chi connectivity index (χ1) is 9.58. The Kier molecular flexibility index (Phi) is 3.33. The van der Waals surface area contributed by atoms with E-state index in [1.165, 1.54) is 12.4 Å². The first-order valence-electron chi connectivity index (χ1n) is 6.77. The number of hydrogen-bond acceptors (Lipinski definition) is 4. The third-order valence-corrected chi connectivity index (χ3v) is 5.19. The van der Waals surface area contributed by atoms with E-state index in [0.717, 1.165) is 25.7 Å². The molecule has 0 spiro atoms. The quantitative estimate of drug-likeness (QED) is 0.854. The third-order valence-electron chi connectivity index (χ3n) is 3.91. The topological polar surface area (TPSA) is 66.8 Å². The van der Waals surface area contributed by atoms with Crippen LogP contribution in [0.5, 0.6) is 0 Å². The van der Waals surface area contributed by atoms with Crippen LogP contribution in [-0.4, -0.2) is 27.1 Å². The van der Waals surface area contributed by atoms with E-state index in [1.54, 1.807) is 23.1 Å². The Morgan fingerprint density at radius 1 is 1.25 bits per heavy atom.